The molecule has 0 aliphatic carbocycles. The summed E-state index contributed by atoms with van der Waals surface area (Å²) in [5.74, 6) is 1.56. The molecule has 0 spiro atoms. The SMILES string of the molecule is CC=O.CCC(NC)c1nnc(-c2ccc(OC)c(OC)c2)[nH]c1=O. The third kappa shape index (κ3) is 5.12. The summed E-state index contributed by atoms with van der Waals surface area (Å²) < 4.78 is 10.4. The van der Waals surface area contributed by atoms with Crippen molar-refractivity contribution in [1.29, 1.82) is 0 Å². The molecule has 0 aliphatic rings. The lowest BCUT2D eigenvalue weighted by Crippen LogP contribution is -2.27. The van der Waals surface area contributed by atoms with Gasteiger partial charge in [0.15, 0.2) is 17.3 Å². The Morgan fingerprint density at radius 2 is 1.88 bits per heavy atom. The van der Waals surface area contributed by atoms with Crippen molar-refractivity contribution in [3.05, 3.63) is 34.2 Å². The van der Waals surface area contributed by atoms with Gasteiger partial charge in [-0.1, -0.05) is 6.92 Å². The number of hydrogen-bond donors (Lipinski definition) is 2. The van der Waals surface area contributed by atoms with Gasteiger partial charge in [0.05, 0.1) is 20.3 Å². The number of aromatic nitrogens is 3. The molecule has 1 aromatic heterocycles. The quantitative estimate of drug-likeness (QED) is 0.766. The second kappa shape index (κ2) is 10.2. The van der Waals surface area contributed by atoms with E-state index in [1.807, 2.05) is 6.92 Å². The van der Waals surface area contributed by atoms with Gasteiger partial charge in [-0.15, -0.1) is 10.2 Å². The normalized spacial score (nSPS) is 11.1. The Bertz CT molecular complexity index is 742. The summed E-state index contributed by atoms with van der Waals surface area (Å²) in [5, 5.41) is 11.2. The lowest BCUT2D eigenvalue weighted by molar-refractivity contribution is -0.106. The van der Waals surface area contributed by atoms with Crippen LogP contribution >= 0.6 is 0 Å². The molecule has 8 heteroatoms. The smallest absolute Gasteiger partial charge is 0.274 e. The summed E-state index contributed by atoms with van der Waals surface area (Å²) in [5.41, 5.74) is 0.835. The van der Waals surface area contributed by atoms with E-state index in [0.717, 1.165) is 12.7 Å². The van der Waals surface area contributed by atoms with Crippen LogP contribution in [0.4, 0.5) is 0 Å². The molecule has 2 N–H and O–H groups in total. The average molecular weight is 348 g/mol. The van der Waals surface area contributed by atoms with E-state index in [1.165, 1.54) is 6.92 Å². The molecule has 0 amide bonds. The second-order valence-electron chi connectivity index (χ2n) is 4.94. The predicted molar refractivity (Wildman–Crippen MR) is 95.0 cm³/mol. The Hall–Kier alpha value is -2.74. The minimum Gasteiger partial charge on any atom is -0.493 e. The van der Waals surface area contributed by atoms with Crippen molar-refractivity contribution in [3.8, 4) is 22.9 Å². The van der Waals surface area contributed by atoms with Crippen molar-refractivity contribution < 1.29 is 14.3 Å². The maximum atomic E-state index is 12.2. The van der Waals surface area contributed by atoms with E-state index in [9.17, 15) is 4.79 Å². The molecule has 1 aromatic carbocycles. The number of carbonyl (C=O) groups excluding carboxylic acids is 1. The summed E-state index contributed by atoms with van der Waals surface area (Å²) in [6.07, 6.45) is 1.50. The summed E-state index contributed by atoms with van der Waals surface area (Å²) in [6, 6.07) is 5.17. The number of rotatable bonds is 6. The zero-order chi connectivity index (χ0) is 18.8. The van der Waals surface area contributed by atoms with E-state index in [2.05, 4.69) is 20.5 Å². The van der Waals surface area contributed by atoms with Gasteiger partial charge < -0.3 is 24.6 Å². The Morgan fingerprint density at radius 3 is 2.36 bits per heavy atom. The molecule has 2 aromatic rings. The number of aromatic amines is 1. The maximum absolute atomic E-state index is 12.2. The van der Waals surface area contributed by atoms with Crippen LogP contribution in [0.2, 0.25) is 0 Å². The van der Waals surface area contributed by atoms with Crippen LogP contribution in [-0.2, 0) is 4.79 Å². The monoisotopic (exact) mass is 348 g/mol. The third-order valence-corrected chi connectivity index (χ3v) is 3.47. The van der Waals surface area contributed by atoms with Gasteiger partial charge in [0.1, 0.15) is 12.0 Å². The molecule has 0 aliphatic heterocycles. The Kier molecular flexibility index (Phi) is 8.28. The topological polar surface area (TPSA) is 106 Å². The highest BCUT2D eigenvalue weighted by Gasteiger charge is 2.15. The highest BCUT2D eigenvalue weighted by Crippen LogP contribution is 2.30. The number of hydrogen-bond acceptors (Lipinski definition) is 7. The van der Waals surface area contributed by atoms with E-state index >= 15 is 0 Å². The number of benzene rings is 1. The van der Waals surface area contributed by atoms with E-state index in [4.69, 9.17) is 14.3 Å². The lowest BCUT2D eigenvalue weighted by Gasteiger charge is -2.12. The third-order valence-electron chi connectivity index (χ3n) is 3.47. The van der Waals surface area contributed by atoms with Crippen molar-refractivity contribution in [3.63, 3.8) is 0 Å². The molecule has 0 radical (unpaired) electrons. The molecule has 0 saturated carbocycles. The number of nitrogens with one attached hydrogen (secondary N) is 2. The van der Waals surface area contributed by atoms with Crippen LogP contribution in [0.25, 0.3) is 11.4 Å². The van der Waals surface area contributed by atoms with Gasteiger partial charge in [-0.2, -0.15) is 0 Å². The fourth-order valence-corrected chi connectivity index (χ4v) is 2.22. The van der Waals surface area contributed by atoms with Crippen LogP contribution in [0.5, 0.6) is 11.5 Å². The van der Waals surface area contributed by atoms with Crippen LogP contribution in [0, 0.1) is 0 Å². The van der Waals surface area contributed by atoms with Crippen molar-refractivity contribution in [2.45, 2.75) is 26.3 Å². The van der Waals surface area contributed by atoms with Crippen molar-refractivity contribution in [2.24, 2.45) is 0 Å². The van der Waals surface area contributed by atoms with Crippen LogP contribution in [0.1, 0.15) is 32.0 Å². The lowest BCUT2D eigenvalue weighted by atomic mass is 10.1. The number of methoxy groups -OCH3 is 2. The fraction of sp³-hybridized carbons (Fsp3) is 0.412. The van der Waals surface area contributed by atoms with Crippen LogP contribution in [0.15, 0.2) is 23.0 Å². The summed E-state index contributed by atoms with van der Waals surface area (Å²) in [6.45, 7) is 3.42. The van der Waals surface area contributed by atoms with Crippen molar-refractivity contribution >= 4 is 6.29 Å². The Morgan fingerprint density at radius 1 is 1.24 bits per heavy atom. The number of H-pyrrole nitrogens is 1. The summed E-state index contributed by atoms with van der Waals surface area (Å²) in [4.78, 5) is 23.8. The van der Waals surface area contributed by atoms with Gasteiger partial charge in [-0.05, 0) is 38.6 Å². The highest BCUT2D eigenvalue weighted by atomic mass is 16.5. The van der Waals surface area contributed by atoms with E-state index in [1.54, 1.807) is 39.5 Å². The largest absolute Gasteiger partial charge is 0.493 e. The zero-order valence-electron chi connectivity index (χ0n) is 15.1. The van der Waals surface area contributed by atoms with Gasteiger partial charge in [0.25, 0.3) is 5.56 Å². The molecule has 0 fully saturated rings. The van der Waals surface area contributed by atoms with Gasteiger partial charge in [0, 0.05) is 5.56 Å². The zero-order valence-corrected chi connectivity index (χ0v) is 15.1. The second-order valence-corrected chi connectivity index (χ2v) is 4.94. The van der Waals surface area contributed by atoms with Crippen LogP contribution in [-0.4, -0.2) is 42.7 Å². The molecule has 25 heavy (non-hydrogen) atoms. The number of carbonyl (C=O) groups is 1. The molecule has 0 saturated heterocycles. The molecule has 1 unspecified atom stereocenters. The summed E-state index contributed by atoms with van der Waals surface area (Å²) in [7, 11) is 4.91. The molecule has 1 atom stereocenters. The fourth-order valence-electron chi connectivity index (χ4n) is 2.22. The van der Waals surface area contributed by atoms with E-state index in [0.29, 0.717) is 28.6 Å². The van der Waals surface area contributed by atoms with Gasteiger partial charge in [-0.3, -0.25) is 4.79 Å². The van der Waals surface area contributed by atoms with Crippen molar-refractivity contribution in [1.82, 2.24) is 20.5 Å². The first-order chi connectivity index (χ1) is 12.1. The Balaban J connectivity index is 0.000000970. The predicted octanol–water partition coefficient (Wildman–Crippen LogP) is 1.72. The van der Waals surface area contributed by atoms with Crippen LogP contribution < -0.4 is 20.3 Å². The number of aldehydes is 1. The van der Waals surface area contributed by atoms with E-state index < -0.39 is 0 Å². The molecular formula is C17H24N4O4. The minimum atomic E-state index is -0.249. The van der Waals surface area contributed by atoms with Gasteiger partial charge in [-0.25, -0.2) is 0 Å². The average Bonchev–Trinajstić information content (AvgIpc) is 2.64. The van der Waals surface area contributed by atoms with Crippen LogP contribution in [0.3, 0.4) is 0 Å². The van der Waals surface area contributed by atoms with Crippen molar-refractivity contribution in [2.75, 3.05) is 21.3 Å². The first-order valence-electron chi connectivity index (χ1n) is 7.82. The molecule has 2 rings (SSSR count). The maximum Gasteiger partial charge on any atom is 0.274 e. The molecule has 8 nitrogen and oxygen atoms in total. The van der Waals surface area contributed by atoms with E-state index in [-0.39, 0.29) is 11.6 Å². The van der Waals surface area contributed by atoms with Gasteiger partial charge in [0.2, 0.25) is 0 Å². The number of nitrogens with zero attached hydrogens (tertiary/aromatic N) is 2. The Labute approximate surface area is 146 Å². The molecule has 0 bridgehead atoms. The molecular weight excluding hydrogens is 324 g/mol. The molecule has 1 heterocycles. The molecule has 136 valence electrons. The highest BCUT2D eigenvalue weighted by molar-refractivity contribution is 5.60. The first kappa shape index (κ1) is 20.3. The standard InChI is InChI=1S/C15H20N4O3.C2H4O/c1-5-10(16-2)13-15(20)17-14(19-18-13)9-6-7-11(21-3)12(8-9)22-4;1-2-3/h6-8,10,16H,5H2,1-4H3,(H,17,19,20);2H,1H3. The van der Waals surface area contributed by atoms with Gasteiger partial charge >= 0.3 is 0 Å². The first-order valence-corrected chi connectivity index (χ1v) is 7.82. The number of ether oxygens (including phenoxy) is 2. The summed E-state index contributed by atoms with van der Waals surface area (Å²) >= 11 is 0. The minimum absolute atomic E-state index is 0.115.